The number of amides is 1. The van der Waals surface area contributed by atoms with Gasteiger partial charge < -0.3 is 29.4 Å². The Bertz CT molecular complexity index is 527. The van der Waals surface area contributed by atoms with Gasteiger partial charge in [0.1, 0.15) is 5.60 Å². The van der Waals surface area contributed by atoms with Crippen LogP contribution in [0, 0.1) is 0 Å². The van der Waals surface area contributed by atoms with E-state index in [2.05, 4.69) is 5.32 Å². The van der Waals surface area contributed by atoms with E-state index >= 15 is 0 Å². The molecule has 0 bridgehead atoms. The van der Waals surface area contributed by atoms with Gasteiger partial charge >= 0.3 is 6.09 Å². The number of aliphatic hydroxyl groups excluding tert-OH is 1. The lowest BCUT2D eigenvalue weighted by molar-refractivity contribution is 0.0483. The number of carbonyl (C=O) groups is 1. The van der Waals surface area contributed by atoms with Gasteiger partial charge in [-0.1, -0.05) is 0 Å². The molecule has 24 heavy (non-hydrogen) atoms. The third-order valence-corrected chi connectivity index (χ3v) is 3.15. The van der Waals surface area contributed by atoms with Crippen LogP contribution in [0.3, 0.4) is 0 Å². The average molecular weight is 341 g/mol. The van der Waals surface area contributed by atoms with Gasteiger partial charge in [0.2, 0.25) is 5.75 Å². The van der Waals surface area contributed by atoms with Gasteiger partial charge in [-0.3, -0.25) is 0 Å². The highest BCUT2D eigenvalue weighted by molar-refractivity contribution is 5.68. The molecule has 1 amide bonds. The first-order valence-corrected chi connectivity index (χ1v) is 7.63. The largest absolute Gasteiger partial charge is 0.493 e. The smallest absolute Gasteiger partial charge is 0.407 e. The van der Waals surface area contributed by atoms with Crippen molar-refractivity contribution in [3.8, 4) is 17.2 Å². The molecule has 1 aromatic rings. The second-order valence-electron chi connectivity index (χ2n) is 6.26. The lowest BCUT2D eigenvalue weighted by Crippen LogP contribution is -2.42. The summed E-state index contributed by atoms with van der Waals surface area (Å²) in [5, 5.41) is 12.2. The number of rotatable bonds is 7. The van der Waals surface area contributed by atoms with Crippen molar-refractivity contribution in [1.29, 1.82) is 0 Å². The monoisotopic (exact) mass is 341 g/mol. The zero-order valence-electron chi connectivity index (χ0n) is 15.1. The normalized spacial score (nSPS) is 12.3. The maximum Gasteiger partial charge on any atom is 0.407 e. The first-order chi connectivity index (χ1) is 11.2. The zero-order valence-corrected chi connectivity index (χ0v) is 15.1. The van der Waals surface area contributed by atoms with Crippen LogP contribution >= 0.6 is 0 Å². The van der Waals surface area contributed by atoms with Crippen LogP contribution in [0.15, 0.2) is 12.1 Å². The fraction of sp³-hybridized carbons (Fsp3) is 0.588. The quantitative estimate of drug-likeness (QED) is 0.790. The second kappa shape index (κ2) is 8.63. The minimum absolute atomic E-state index is 0.226. The van der Waals surface area contributed by atoms with Crippen LogP contribution in [0.1, 0.15) is 26.3 Å². The maximum atomic E-state index is 11.9. The molecule has 7 nitrogen and oxygen atoms in total. The van der Waals surface area contributed by atoms with E-state index in [1.54, 1.807) is 32.9 Å². The molecule has 7 heteroatoms. The van der Waals surface area contributed by atoms with Gasteiger partial charge in [-0.2, -0.15) is 0 Å². The number of hydrogen-bond acceptors (Lipinski definition) is 6. The van der Waals surface area contributed by atoms with Gasteiger partial charge in [-0.25, -0.2) is 4.79 Å². The summed E-state index contributed by atoms with van der Waals surface area (Å²) >= 11 is 0. The van der Waals surface area contributed by atoms with Crippen molar-refractivity contribution in [2.24, 2.45) is 0 Å². The second-order valence-corrected chi connectivity index (χ2v) is 6.26. The summed E-state index contributed by atoms with van der Waals surface area (Å²) in [5.41, 5.74) is 0.219. The van der Waals surface area contributed by atoms with E-state index in [-0.39, 0.29) is 6.61 Å². The molecule has 0 fully saturated rings. The van der Waals surface area contributed by atoms with E-state index < -0.39 is 17.7 Å². The average Bonchev–Trinajstić information content (AvgIpc) is 2.51. The van der Waals surface area contributed by atoms with Crippen LogP contribution in [-0.2, 0) is 11.2 Å². The highest BCUT2D eigenvalue weighted by atomic mass is 16.6. The number of hydrogen-bond donors (Lipinski definition) is 2. The Morgan fingerprint density at radius 2 is 1.67 bits per heavy atom. The van der Waals surface area contributed by atoms with E-state index in [1.807, 2.05) is 0 Å². The Hall–Kier alpha value is -2.15. The van der Waals surface area contributed by atoms with Crippen molar-refractivity contribution >= 4 is 6.09 Å². The molecule has 0 saturated carbocycles. The molecule has 1 rings (SSSR count). The predicted octanol–water partition coefficient (Wildman–Crippen LogP) is 2.14. The van der Waals surface area contributed by atoms with E-state index in [0.717, 1.165) is 5.56 Å². The van der Waals surface area contributed by atoms with Gasteiger partial charge in [-0.05, 0) is 44.9 Å². The third-order valence-electron chi connectivity index (χ3n) is 3.15. The maximum absolute atomic E-state index is 11.9. The van der Waals surface area contributed by atoms with Crippen molar-refractivity contribution in [1.82, 2.24) is 5.32 Å². The molecule has 0 unspecified atom stereocenters. The number of ether oxygens (including phenoxy) is 4. The molecule has 0 spiro atoms. The number of benzene rings is 1. The van der Waals surface area contributed by atoms with Gasteiger partial charge in [0.05, 0.1) is 34.0 Å². The molecule has 0 heterocycles. The lowest BCUT2D eigenvalue weighted by Gasteiger charge is -2.23. The molecule has 0 aromatic heterocycles. The number of aliphatic hydroxyl groups is 1. The Kier molecular flexibility index (Phi) is 7.16. The molecule has 0 aliphatic rings. The molecule has 136 valence electrons. The number of methoxy groups -OCH3 is 3. The van der Waals surface area contributed by atoms with Crippen LogP contribution in [0.25, 0.3) is 0 Å². The molecule has 0 radical (unpaired) electrons. The van der Waals surface area contributed by atoms with Crippen LogP contribution in [-0.4, -0.2) is 50.8 Å². The molecule has 2 N–H and O–H groups in total. The Balaban J connectivity index is 2.91. The van der Waals surface area contributed by atoms with E-state index in [9.17, 15) is 9.90 Å². The van der Waals surface area contributed by atoms with Gasteiger partial charge in [0.15, 0.2) is 11.5 Å². The Morgan fingerprint density at radius 3 is 2.04 bits per heavy atom. The fourth-order valence-electron chi connectivity index (χ4n) is 2.17. The van der Waals surface area contributed by atoms with E-state index in [0.29, 0.717) is 23.7 Å². The van der Waals surface area contributed by atoms with Crippen molar-refractivity contribution in [3.05, 3.63) is 17.7 Å². The first kappa shape index (κ1) is 19.9. The van der Waals surface area contributed by atoms with Crippen LogP contribution in [0.5, 0.6) is 17.2 Å². The zero-order chi connectivity index (χ0) is 18.3. The van der Waals surface area contributed by atoms with Crippen molar-refractivity contribution in [2.75, 3.05) is 27.9 Å². The molecule has 0 aliphatic heterocycles. The molecular weight excluding hydrogens is 314 g/mol. The van der Waals surface area contributed by atoms with Crippen LogP contribution < -0.4 is 19.5 Å². The minimum atomic E-state index is -0.601. The summed E-state index contributed by atoms with van der Waals surface area (Å²) in [4.78, 5) is 11.9. The van der Waals surface area contributed by atoms with Crippen LogP contribution in [0.4, 0.5) is 4.79 Å². The predicted molar refractivity (Wildman–Crippen MR) is 90.0 cm³/mol. The number of alkyl carbamates (subject to hydrolysis) is 1. The highest BCUT2D eigenvalue weighted by Crippen LogP contribution is 2.38. The third kappa shape index (κ3) is 5.81. The molecule has 1 aromatic carbocycles. The summed E-state index contributed by atoms with van der Waals surface area (Å²) < 4.78 is 21.1. The van der Waals surface area contributed by atoms with Gasteiger partial charge in [0.25, 0.3) is 0 Å². The number of carbonyl (C=O) groups excluding carboxylic acids is 1. The summed E-state index contributed by atoms with van der Waals surface area (Å²) in [5.74, 6) is 1.52. The van der Waals surface area contributed by atoms with E-state index in [4.69, 9.17) is 18.9 Å². The van der Waals surface area contributed by atoms with E-state index in [1.165, 1.54) is 21.3 Å². The number of nitrogens with one attached hydrogen (secondary N) is 1. The summed E-state index contributed by atoms with van der Waals surface area (Å²) in [6, 6.07) is 3.06. The minimum Gasteiger partial charge on any atom is -0.493 e. The molecule has 1 atom stereocenters. The Morgan fingerprint density at radius 1 is 1.12 bits per heavy atom. The van der Waals surface area contributed by atoms with Gasteiger partial charge in [-0.15, -0.1) is 0 Å². The highest BCUT2D eigenvalue weighted by Gasteiger charge is 2.21. The van der Waals surface area contributed by atoms with Crippen LogP contribution in [0.2, 0.25) is 0 Å². The molecule has 0 aliphatic carbocycles. The van der Waals surface area contributed by atoms with Gasteiger partial charge in [0, 0.05) is 0 Å². The van der Waals surface area contributed by atoms with Crippen molar-refractivity contribution < 1.29 is 28.8 Å². The SMILES string of the molecule is COc1cc(C[C@H](CO)NC(=O)OC(C)(C)C)cc(OC)c1OC. The summed E-state index contributed by atoms with van der Waals surface area (Å²) in [7, 11) is 4.59. The standard InChI is InChI=1S/C17H27NO6/c1-17(2,3)24-16(20)18-12(10-19)7-11-8-13(21-4)15(23-6)14(9-11)22-5/h8-9,12,19H,7,10H2,1-6H3,(H,18,20)/t12-/m1/s1. The summed E-state index contributed by atoms with van der Waals surface area (Å²) in [6.45, 7) is 5.11. The van der Waals surface area contributed by atoms with Crippen molar-refractivity contribution in [2.45, 2.75) is 38.8 Å². The molecule has 0 saturated heterocycles. The summed E-state index contributed by atoms with van der Waals surface area (Å²) in [6.07, 6.45) is -0.194. The first-order valence-electron chi connectivity index (χ1n) is 7.63. The fourth-order valence-corrected chi connectivity index (χ4v) is 2.17. The topological polar surface area (TPSA) is 86.3 Å². The Labute approximate surface area is 142 Å². The molecular formula is C17H27NO6. The lowest BCUT2D eigenvalue weighted by atomic mass is 10.1. The van der Waals surface area contributed by atoms with Crippen molar-refractivity contribution in [3.63, 3.8) is 0 Å².